The zero-order valence-electron chi connectivity index (χ0n) is 16.1. The molecule has 0 saturated carbocycles. The van der Waals surface area contributed by atoms with Crippen LogP contribution in [0.25, 0.3) is 0 Å². The van der Waals surface area contributed by atoms with Gasteiger partial charge in [-0.15, -0.1) is 0 Å². The molecule has 0 radical (unpaired) electrons. The Morgan fingerprint density at radius 1 is 0.931 bits per heavy atom. The highest BCUT2D eigenvalue weighted by molar-refractivity contribution is 8.23. The van der Waals surface area contributed by atoms with Crippen molar-refractivity contribution in [1.29, 1.82) is 0 Å². The average Bonchev–Trinajstić information content (AvgIpc) is 3.32. The summed E-state index contributed by atoms with van der Waals surface area (Å²) in [5.41, 5.74) is 2.38. The van der Waals surface area contributed by atoms with Crippen molar-refractivity contribution < 1.29 is 4.79 Å². The molecule has 0 N–H and O–H groups in total. The van der Waals surface area contributed by atoms with Crippen molar-refractivity contribution in [3.05, 3.63) is 71.8 Å². The van der Waals surface area contributed by atoms with Gasteiger partial charge in [-0.3, -0.25) is 9.69 Å². The molecule has 29 heavy (non-hydrogen) atoms. The lowest BCUT2D eigenvalue weighted by molar-refractivity contribution is -0.129. The summed E-state index contributed by atoms with van der Waals surface area (Å²) in [6, 6.07) is 20.8. The lowest BCUT2D eigenvalue weighted by atomic mass is 10.0. The summed E-state index contributed by atoms with van der Waals surface area (Å²) >= 11 is 14.5. The third-order valence-corrected chi connectivity index (χ3v) is 8.35. The van der Waals surface area contributed by atoms with Crippen molar-refractivity contribution in [2.45, 2.75) is 31.5 Å². The first-order valence-corrected chi connectivity index (χ1v) is 12.4. The van der Waals surface area contributed by atoms with Crippen LogP contribution in [0.5, 0.6) is 0 Å². The second kappa shape index (κ2) is 9.16. The van der Waals surface area contributed by atoms with E-state index in [-0.39, 0.29) is 24.0 Å². The molecule has 4 rings (SSSR count). The van der Waals surface area contributed by atoms with Gasteiger partial charge >= 0.3 is 0 Å². The minimum Gasteiger partial charge on any atom is -0.346 e. The summed E-state index contributed by atoms with van der Waals surface area (Å²) in [6.45, 7) is 2.09. The van der Waals surface area contributed by atoms with E-state index >= 15 is 0 Å². The van der Waals surface area contributed by atoms with Crippen molar-refractivity contribution in [2.75, 3.05) is 11.5 Å². The van der Waals surface area contributed by atoms with E-state index in [0.717, 1.165) is 21.4 Å². The Kier molecular flexibility index (Phi) is 6.59. The molecular weight excluding hydrogens is 437 g/mol. The van der Waals surface area contributed by atoms with Crippen molar-refractivity contribution >= 4 is 62.5 Å². The van der Waals surface area contributed by atoms with Gasteiger partial charge in [-0.1, -0.05) is 109 Å². The van der Waals surface area contributed by atoms with E-state index in [0.29, 0.717) is 10.7 Å². The van der Waals surface area contributed by atoms with Crippen molar-refractivity contribution in [3.8, 4) is 0 Å². The van der Waals surface area contributed by atoms with Crippen LogP contribution in [0.3, 0.4) is 0 Å². The van der Waals surface area contributed by atoms with Gasteiger partial charge in [-0.05, 0) is 18.1 Å². The van der Waals surface area contributed by atoms with Crippen LogP contribution in [0.15, 0.2) is 60.7 Å². The van der Waals surface area contributed by atoms with E-state index < -0.39 is 0 Å². The van der Waals surface area contributed by atoms with Gasteiger partial charge in [0.2, 0.25) is 5.91 Å². The summed E-state index contributed by atoms with van der Waals surface area (Å²) in [7, 11) is 0. The van der Waals surface area contributed by atoms with Gasteiger partial charge in [0.05, 0.1) is 12.1 Å². The summed E-state index contributed by atoms with van der Waals surface area (Å²) in [6.07, 6.45) is 0.397. The van der Waals surface area contributed by atoms with E-state index in [1.807, 2.05) is 29.2 Å². The van der Waals surface area contributed by atoms with E-state index in [4.69, 9.17) is 24.4 Å². The van der Waals surface area contributed by atoms with Crippen LogP contribution >= 0.6 is 48.0 Å². The fourth-order valence-electron chi connectivity index (χ4n) is 3.92. The average molecular weight is 459 g/mol. The standard InChI is InChI=1S/C22H22N2OS4/c1-15(23-18(13-28-21(23)26)16-8-4-2-5-9-16)12-20(25)24-19(14-29-22(24)27)17-10-6-3-7-11-17/h2-11,15,18-19H,12-14H2,1H3/t15?,18-,19-/m1/s1. The lowest BCUT2D eigenvalue weighted by Crippen LogP contribution is -2.41. The first-order valence-electron chi connectivity index (χ1n) is 9.60. The molecular formula is C22H22N2OS4. The zero-order valence-corrected chi connectivity index (χ0v) is 19.3. The highest BCUT2D eigenvalue weighted by atomic mass is 32.2. The number of rotatable bonds is 5. The minimum atomic E-state index is 0.0122. The normalized spacial score (nSPS) is 22.9. The maximum absolute atomic E-state index is 13.3. The molecule has 2 aliphatic heterocycles. The maximum Gasteiger partial charge on any atom is 0.230 e. The number of thiocarbonyl (C=S) groups is 2. The molecule has 0 bridgehead atoms. The van der Waals surface area contributed by atoms with Crippen molar-refractivity contribution in [3.63, 3.8) is 0 Å². The second-order valence-electron chi connectivity index (χ2n) is 7.23. The first kappa shape index (κ1) is 20.8. The molecule has 2 aliphatic rings. The van der Waals surface area contributed by atoms with Gasteiger partial charge in [0.15, 0.2) is 0 Å². The van der Waals surface area contributed by atoms with Crippen LogP contribution in [0.2, 0.25) is 0 Å². The topological polar surface area (TPSA) is 23.6 Å². The van der Waals surface area contributed by atoms with Crippen LogP contribution in [-0.4, -0.2) is 41.9 Å². The molecule has 2 heterocycles. The number of carbonyl (C=O) groups excluding carboxylic acids is 1. The summed E-state index contributed by atoms with van der Waals surface area (Å²) in [5, 5.41) is 0. The quantitative estimate of drug-likeness (QED) is 0.553. The van der Waals surface area contributed by atoms with Gasteiger partial charge < -0.3 is 4.90 Å². The predicted molar refractivity (Wildman–Crippen MR) is 131 cm³/mol. The molecule has 2 aromatic carbocycles. The van der Waals surface area contributed by atoms with Crippen molar-refractivity contribution in [1.82, 2.24) is 9.80 Å². The summed E-state index contributed by atoms with van der Waals surface area (Å²) in [5.74, 6) is 1.81. The van der Waals surface area contributed by atoms with Gasteiger partial charge in [0.25, 0.3) is 0 Å². The van der Waals surface area contributed by atoms with Crippen LogP contribution < -0.4 is 0 Å². The molecule has 150 valence electrons. The highest BCUT2D eigenvalue weighted by Crippen LogP contribution is 2.39. The van der Waals surface area contributed by atoms with E-state index in [2.05, 4.69) is 48.2 Å². The third-order valence-electron chi connectivity index (χ3n) is 5.37. The fourth-order valence-corrected chi connectivity index (χ4v) is 6.98. The molecule has 1 unspecified atom stereocenters. The van der Waals surface area contributed by atoms with Crippen LogP contribution in [0, 0.1) is 0 Å². The minimum absolute atomic E-state index is 0.0122. The molecule has 3 nitrogen and oxygen atoms in total. The molecule has 0 aliphatic carbocycles. The molecule has 2 fully saturated rings. The number of benzene rings is 2. The van der Waals surface area contributed by atoms with Crippen LogP contribution in [0.4, 0.5) is 0 Å². The molecule has 0 aromatic heterocycles. The smallest absolute Gasteiger partial charge is 0.230 e. The molecule has 1 amide bonds. The van der Waals surface area contributed by atoms with E-state index in [1.54, 1.807) is 23.5 Å². The monoisotopic (exact) mass is 458 g/mol. The molecule has 7 heteroatoms. The Morgan fingerprint density at radius 3 is 2.07 bits per heavy atom. The van der Waals surface area contributed by atoms with Gasteiger partial charge in [0, 0.05) is 24.0 Å². The molecule has 2 aromatic rings. The Labute approximate surface area is 191 Å². The molecule has 0 spiro atoms. The number of carbonyl (C=O) groups is 1. The fraction of sp³-hybridized carbons (Fsp3) is 0.318. The second-order valence-corrected chi connectivity index (χ2v) is 10.5. The Balaban J connectivity index is 1.51. The summed E-state index contributed by atoms with van der Waals surface area (Å²) in [4.78, 5) is 17.4. The Morgan fingerprint density at radius 2 is 1.45 bits per heavy atom. The summed E-state index contributed by atoms with van der Waals surface area (Å²) < 4.78 is 1.55. The van der Waals surface area contributed by atoms with Gasteiger partial charge in [-0.2, -0.15) is 0 Å². The highest BCUT2D eigenvalue weighted by Gasteiger charge is 2.38. The number of amides is 1. The Hall–Kier alpha value is -1.41. The molecule has 2 saturated heterocycles. The number of hydrogen-bond donors (Lipinski definition) is 0. The maximum atomic E-state index is 13.3. The first-order chi connectivity index (χ1) is 14.1. The number of hydrogen-bond acceptors (Lipinski definition) is 5. The van der Waals surface area contributed by atoms with Crippen LogP contribution in [-0.2, 0) is 4.79 Å². The molecule has 3 atom stereocenters. The SMILES string of the molecule is CC(CC(=O)N1C(=S)SC[C@@H]1c1ccccc1)N1C(=S)SC[C@@H]1c1ccccc1. The van der Waals surface area contributed by atoms with E-state index in [9.17, 15) is 4.79 Å². The lowest BCUT2D eigenvalue weighted by Gasteiger charge is -2.33. The third kappa shape index (κ3) is 4.38. The van der Waals surface area contributed by atoms with Gasteiger partial charge in [-0.25, -0.2) is 0 Å². The van der Waals surface area contributed by atoms with Gasteiger partial charge in [0.1, 0.15) is 8.64 Å². The largest absolute Gasteiger partial charge is 0.346 e. The predicted octanol–water partition coefficient (Wildman–Crippen LogP) is 5.44. The number of thioether (sulfide) groups is 2. The zero-order chi connectivity index (χ0) is 20.4. The van der Waals surface area contributed by atoms with Crippen LogP contribution in [0.1, 0.15) is 36.6 Å². The Bertz CT molecular complexity index is 906. The number of nitrogens with zero attached hydrogens (tertiary/aromatic N) is 2. The van der Waals surface area contributed by atoms with Crippen molar-refractivity contribution in [2.24, 2.45) is 0 Å². The van der Waals surface area contributed by atoms with E-state index in [1.165, 1.54) is 5.56 Å².